The molecule has 3 aromatic rings. The van der Waals surface area contributed by atoms with Crippen molar-refractivity contribution in [1.82, 2.24) is 0 Å². The zero-order valence-corrected chi connectivity index (χ0v) is 16.2. The number of carbonyl (C=O) groups is 1. The van der Waals surface area contributed by atoms with Crippen LogP contribution < -0.4 is 14.7 Å². The fourth-order valence-corrected chi connectivity index (χ4v) is 4.48. The average molecular weight is 412 g/mol. The van der Waals surface area contributed by atoms with E-state index in [2.05, 4.69) is 0 Å². The second-order valence-electron chi connectivity index (χ2n) is 7.86. The lowest BCUT2D eigenvalue weighted by atomic mass is 10.1. The Morgan fingerprint density at radius 3 is 2.37 bits per heavy atom. The minimum atomic E-state index is -4.34. The molecule has 7 heteroatoms. The van der Waals surface area contributed by atoms with E-state index in [4.69, 9.17) is 0 Å². The first-order valence-electron chi connectivity index (χ1n) is 10.0. The number of carbonyl (C=O) groups excluding carboxylic acids is 1. The first kappa shape index (κ1) is 18.9. The number of piperazine rings is 1. The van der Waals surface area contributed by atoms with E-state index in [1.807, 2.05) is 46.2 Å². The van der Waals surface area contributed by atoms with E-state index >= 15 is 0 Å². The third-order valence-electron chi connectivity index (χ3n) is 6.04. The Hall–Kier alpha value is -3.06. The van der Waals surface area contributed by atoms with Crippen LogP contribution in [0.4, 0.5) is 24.5 Å². The van der Waals surface area contributed by atoms with E-state index in [1.165, 1.54) is 17.0 Å². The third-order valence-corrected chi connectivity index (χ3v) is 6.04. The molecule has 1 fully saturated rings. The molecule has 0 unspecified atom stereocenters. The smallest absolute Gasteiger partial charge is 0.360 e. The highest BCUT2D eigenvalue weighted by Gasteiger charge is 2.34. The van der Waals surface area contributed by atoms with E-state index < -0.39 is 11.7 Å². The first-order chi connectivity index (χ1) is 14.4. The number of anilines is 2. The van der Waals surface area contributed by atoms with Crippen molar-refractivity contribution < 1.29 is 22.9 Å². The van der Waals surface area contributed by atoms with Crippen molar-refractivity contribution in [3.63, 3.8) is 0 Å². The van der Waals surface area contributed by atoms with E-state index in [0.717, 1.165) is 41.2 Å². The number of rotatable bonds is 3. The molecule has 1 N–H and O–H groups in total. The Morgan fingerprint density at radius 2 is 1.63 bits per heavy atom. The van der Waals surface area contributed by atoms with Gasteiger partial charge in [-0.05, 0) is 35.7 Å². The average Bonchev–Trinajstić information content (AvgIpc) is 3.02. The number of alkyl halides is 3. The van der Waals surface area contributed by atoms with Gasteiger partial charge in [-0.1, -0.05) is 30.3 Å². The summed E-state index contributed by atoms with van der Waals surface area (Å²) in [4.78, 5) is 18.0. The maximum atomic E-state index is 13.0. The fourth-order valence-electron chi connectivity index (χ4n) is 4.48. The van der Waals surface area contributed by atoms with Crippen LogP contribution in [-0.2, 0) is 6.18 Å². The molecule has 2 aliphatic rings. The molecule has 2 heterocycles. The maximum absolute atomic E-state index is 13.0. The van der Waals surface area contributed by atoms with Crippen LogP contribution >= 0.6 is 0 Å². The molecule has 4 nitrogen and oxygen atoms in total. The van der Waals surface area contributed by atoms with Gasteiger partial charge in [0.25, 0.3) is 5.91 Å². The number of amides is 1. The molecule has 0 bridgehead atoms. The van der Waals surface area contributed by atoms with Crippen molar-refractivity contribution in [3.05, 3.63) is 71.8 Å². The van der Waals surface area contributed by atoms with Crippen LogP contribution in [0.2, 0.25) is 0 Å². The number of hydrogen-bond donors (Lipinski definition) is 1. The number of hydrogen-bond acceptors (Lipinski definition) is 2. The monoisotopic (exact) mass is 412 g/mol. The van der Waals surface area contributed by atoms with Crippen LogP contribution in [0.1, 0.15) is 15.9 Å². The molecule has 1 saturated heterocycles. The molecule has 154 valence electrons. The van der Waals surface area contributed by atoms with Crippen molar-refractivity contribution in [2.24, 2.45) is 0 Å². The zero-order chi connectivity index (χ0) is 20.9. The molecule has 3 aromatic carbocycles. The SMILES string of the molecule is O=C1c2cccc3cccc(c23)N1C[NH+]1CCN(c2cccc(C(F)(F)F)c2)CC1. The number of nitrogens with one attached hydrogen (secondary N) is 1. The largest absolute Gasteiger partial charge is 0.416 e. The molecule has 0 saturated carbocycles. The Balaban J connectivity index is 1.29. The molecule has 0 spiro atoms. The first-order valence-corrected chi connectivity index (χ1v) is 10.0. The summed E-state index contributed by atoms with van der Waals surface area (Å²) in [7, 11) is 0. The normalized spacial score (nSPS) is 17.2. The van der Waals surface area contributed by atoms with Gasteiger partial charge in [0.2, 0.25) is 0 Å². The van der Waals surface area contributed by atoms with E-state index in [1.54, 1.807) is 6.07 Å². The van der Waals surface area contributed by atoms with Gasteiger partial charge in [-0.3, -0.25) is 9.69 Å². The summed E-state index contributed by atoms with van der Waals surface area (Å²) in [6.45, 7) is 3.37. The molecule has 0 radical (unpaired) electrons. The predicted octanol–water partition coefficient (Wildman–Crippen LogP) is 3.18. The van der Waals surface area contributed by atoms with Gasteiger partial charge in [-0.25, -0.2) is 0 Å². The minimum absolute atomic E-state index is 0.0228. The molecule has 2 aliphatic heterocycles. The highest BCUT2D eigenvalue weighted by molar-refractivity contribution is 6.24. The van der Waals surface area contributed by atoms with Gasteiger partial charge in [-0.2, -0.15) is 13.2 Å². The van der Waals surface area contributed by atoms with Crippen LogP contribution in [0.5, 0.6) is 0 Å². The Labute approximate surface area is 172 Å². The number of benzene rings is 3. The van der Waals surface area contributed by atoms with Gasteiger partial charge in [0.15, 0.2) is 6.67 Å². The zero-order valence-electron chi connectivity index (χ0n) is 16.2. The standard InChI is InChI=1S/C23H20F3N3O/c24-23(25,26)17-6-3-7-18(14-17)28-12-10-27(11-13-28)15-29-20-9-2-5-16-4-1-8-19(21(16)20)22(29)30/h1-9,14H,10-13,15H2/p+1. The Morgan fingerprint density at radius 1 is 0.933 bits per heavy atom. The summed E-state index contributed by atoms with van der Waals surface area (Å²) in [6, 6.07) is 17.2. The topological polar surface area (TPSA) is 28.0 Å². The van der Waals surface area contributed by atoms with Gasteiger partial charge in [0.1, 0.15) is 0 Å². The summed E-state index contributed by atoms with van der Waals surface area (Å²) in [5, 5.41) is 2.07. The van der Waals surface area contributed by atoms with Crippen LogP contribution in [0.25, 0.3) is 10.8 Å². The lowest BCUT2D eigenvalue weighted by molar-refractivity contribution is -0.899. The lowest BCUT2D eigenvalue weighted by Gasteiger charge is -2.35. The summed E-state index contributed by atoms with van der Waals surface area (Å²) in [5.74, 6) is 0.0228. The van der Waals surface area contributed by atoms with Crippen molar-refractivity contribution in [3.8, 4) is 0 Å². The molecular weight excluding hydrogens is 391 g/mol. The quantitative estimate of drug-likeness (QED) is 0.716. The van der Waals surface area contributed by atoms with Crippen LogP contribution in [-0.4, -0.2) is 38.8 Å². The fraction of sp³-hybridized carbons (Fsp3) is 0.261. The Kier molecular flexibility index (Phi) is 4.43. The molecule has 0 aromatic heterocycles. The van der Waals surface area contributed by atoms with Crippen molar-refractivity contribution >= 4 is 28.1 Å². The van der Waals surface area contributed by atoms with Crippen LogP contribution in [0.3, 0.4) is 0 Å². The lowest BCUT2D eigenvalue weighted by Crippen LogP contribution is -3.16. The van der Waals surface area contributed by atoms with Crippen molar-refractivity contribution in [1.29, 1.82) is 0 Å². The molecule has 5 rings (SSSR count). The van der Waals surface area contributed by atoms with E-state index in [9.17, 15) is 18.0 Å². The summed E-state index contributed by atoms with van der Waals surface area (Å²) < 4.78 is 39.0. The molecule has 0 atom stereocenters. The number of quaternary nitrogens is 1. The van der Waals surface area contributed by atoms with Crippen molar-refractivity contribution in [2.45, 2.75) is 6.18 Å². The molecular formula is C23H21F3N3O+. The minimum Gasteiger partial charge on any atom is -0.360 e. The predicted molar refractivity (Wildman–Crippen MR) is 110 cm³/mol. The second-order valence-corrected chi connectivity index (χ2v) is 7.86. The summed E-state index contributed by atoms with van der Waals surface area (Å²) >= 11 is 0. The molecule has 1 amide bonds. The van der Waals surface area contributed by atoms with Crippen molar-refractivity contribution in [2.75, 3.05) is 42.6 Å². The molecule has 30 heavy (non-hydrogen) atoms. The van der Waals surface area contributed by atoms with Gasteiger partial charge >= 0.3 is 6.18 Å². The molecule has 0 aliphatic carbocycles. The summed E-state index contributed by atoms with van der Waals surface area (Å²) in [5.41, 5.74) is 1.66. The van der Waals surface area contributed by atoms with Gasteiger partial charge in [0.05, 0.1) is 43.0 Å². The number of nitrogens with zero attached hydrogens (tertiary/aromatic N) is 2. The summed E-state index contributed by atoms with van der Waals surface area (Å²) in [6.07, 6.45) is -4.34. The highest BCUT2D eigenvalue weighted by atomic mass is 19.4. The Bertz CT molecular complexity index is 1110. The van der Waals surface area contributed by atoms with Crippen LogP contribution in [0.15, 0.2) is 60.7 Å². The van der Waals surface area contributed by atoms with E-state index in [0.29, 0.717) is 25.4 Å². The van der Waals surface area contributed by atoms with E-state index in [-0.39, 0.29) is 5.91 Å². The second kappa shape index (κ2) is 7.02. The van der Waals surface area contributed by atoms with Crippen LogP contribution in [0, 0.1) is 0 Å². The number of halogens is 3. The maximum Gasteiger partial charge on any atom is 0.416 e. The highest BCUT2D eigenvalue weighted by Crippen LogP contribution is 2.36. The van der Waals surface area contributed by atoms with Gasteiger partial charge in [-0.15, -0.1) is 0 Å². The van der Waals surface area contributed by atoms with Gasteiger partial charge in [0, 0.05) is 11.1 Å². The van der Waals surface area contributed by atoms with Gasteiger partial charge < -0.3 is 9.80 Å². The third kappa shape index (κ3) is 3.19.